The van der Waals surface area contributed by atoms with Gasteiger partial charge in [-0.2, -0.15) is 0 Å². The van der Waals surface area contributed by atoms with Crippen LogP contribution in [0.4, 0.5) is 0 Å². The Morgan fingerprint density at radius 3 is 0.836 bits per heavy atom. The molecule has 436 valence electrons. The minimum absolute atomic E-state index is 0.0190. The zero-order valence-corrected chi connectivity index (χ0v) is 49.9. The molecule has 0 spiro atoms. The molecule has 6 heteroatoms. The minimum Gasteiger partial charge on any atom is -0.466 e. The SMILES string of the molecule is CCCCCCCCCCCCCCCCCCCCC(=O)OCCCCCCCCCCCCCCCCCCCCCCCCC(=O)NC(CO)C(O)CCCCCCCCCCCCCCCCCC. The van der Waals surface area contributed by atoms with Gasteiger partial charge in [-0.15, -0.1) is 0 Å². The number of esters is 1. The summed E-state index contributed by atoms with van der Waals surface area (Å²) in [6, 6.07) is -0.540. The van der Waals surface area contributed by atoms with E-state index in [1.54, 1.807) is 0 Å². The monoisotopic (exact) mass is 1030 g/mol. The summed E-state index contributed by atoms with van der Waals surface area (Å²) in [7, 11) is 0. The Morgan fingerprint density at radius 2 is 0.562 bits per heavy atom. The maximum absolute atomic E-state index is 12.5. The van der Waals surface area contributed by atoms with E-state index in [1.807, 2.05) is 0 Å². The maximum Gasteiger partial charge on any atom is 0.305 e. The lowest BCUT2D eigenvalue weighted by Crippen LogP contribution is -2.45. The van der Waals surface area contributed by atoms with Crippen molar-refractivity contribution < 1.29 is 24.5 Å². The molecule has 6 nitrogen and oxygen atoms in total. The summed E-state index contributed by atoms with van der Waals surface area (Å²) in [4.78, 5) is 24.6. The average molecular weight is 1030 g/mol. The molecular formula is C67H133NO5. The fourth-order valence-electron chi connectivity index (χ4n) is 11.0. The maximum atomic E-state index is 12.5. The first-order chi connectivity index (χ1) is 36.0. The van der Waals surface area contributed by atoms with Gasteiger partial charge in [-0.05, 0) is 25.7 Å². The van der Waals surface area contributed by atoms with Crippen LogP contribution in [0.1, 0.15) is 393 Å². The number of hydrogen-bond acceptors (Lipinski definition) is 5. The number of rotatable bonds is 64. The molecule has 0 aromatic carbocycles. The molecular weight excluding hydrogens is 899 g/mol. The number of amides is 1. The number of aliphatic hydroxyl groups excluding tert-OH is 2. The number of nitrogens with one attached hydrogen (secondary N) is 1. The lowest BCUT2D eigenvalue weighted by Gasteiger charge is -2.22. The predicted octanol–water partition coefficient (Wildman–Crippen LogP) is 21.4. The van der Waals surface area contributed by atoms with E-state index >= 15 is 0 Å². The molecule has 3 N–H and O–H groups in total. The van der Waals surface area contributed by atoms with Crippen molar-refractivity contribution in [2.24, 2.45) is 0 Å². The first-order valence-electron chi connectivity index (χ1n) is 33.8. The van der Waals surface area contributed by atoms with Gasteiger partial charge in [0, 0.05) is 12.8 Å². The zero-order chi connectivity index (χ0) is 52.9. The quantitative estimate of drug-likeness (QED) is 0.0417. The van der Waals surface area contributed by atoms with Crippen LogP contribution in [0.2, 0.25) is 0 Å². The van der Waals surface area contributed by atoms with Crippen LogP contribution >= 0.6 is 0 Å². The van der Waals surface area contributed by atoms with Crippen molar-refractivity contribution in [1.82, 2.24) is 5.32 Å². The van der Waals surface area contributed by atoms with E-state index in [4.69, 9.17) is 4.74 Å². The Morgan fingerprint density at radius 1 is 0.329 bits per heavy atom. The summed E-state index contributed by atoms with van der Waals surface area (Å²) < 4.78 is 5.51. The third-order valence-electron chi connectivity index (χ3n) is 16.2. The molecule has 2 atom stereocenters. The van der Waals surface area contributed by atoms with Crippen molar-refractivity contribution in [1.29, 1.82) is 0 Å². The molecule has 0 saturated carbocycles. The van der Waals surface area contributed by atoms with E-state index in [2.05, 4.69) is 19.2 Å². The summed E-state index contributed by atoms with van der Waals surface area (Å²) in [6.07, 6.45) is 75.6. The van der Waals surface area contributed by atoms with Crippen molar-refractivity contribution in [2.45, 2.75) is 405 Å². The minimum atomic E-state index is -0.663. The normalized spacial score (nSPS) is 12.4. The van der Waals surface area contributed by atoms with E-state index in [0.717, 1.165) is 38.5 Å². The lowest BCUT2D eigenvalue weighted by atomic mass is 10.0. The molecule has 0 radical (unpaired) electrons. The van der Waals surface area contributed by atoms with Crippen LogP contribution in [-0.2, 0) is 14.3 Å². The van der Waals surface area contributed by atoms with Gasteiger partial charge in [-0.1, -0.05) is 354 Å². The Bertz CT molecular complexity index is 1050. The van der Waals surface area contributed by atoms with E-state index in [1.165, 1.54) is 321 Å². The van der Waals surface area contributed by atoms with Crippen LogP contribution < -0.4 is 5.32 Å². The van der Waals surface area contributed by atoms with Crippen LogP contribution in [0.25, 0.3) is 0 Å². The standard InChI is InChI=1S/C67H133NO5/c1-3-5-7-9-11-13-15-17-19-21-29-33-37-41-45-49-53-57-61-67(72)73-62-58-54-50-46-42-38-34-30-27-25-23-22-24-26-28-32-36-40-44-48-52-56-60-66(71)68-64(63-69)65(70)59-55-51-47-43-39-35-31-20-18-16-14-12-10-8-6-4-2/h64-65,69-70H,3-63H2,1-2H3,(H,68,71). The number of carbonyl (C=O) groups excluding carboxylic acids is 2. The summed E-state index contributed by atoms with van der Waals surface area (Å²) in [5.41, 5.74) is 0. The third-order valence-corrected chi connectivity index (χ3v) is 16.2. The van der Waals surface area contributed by atoms with Crippen LogP contribution in [0.5, 0.6) is 0 Å². The summed E-state index contributed by atoms with van der Waals surface area (Å²) in [6.45, 7) is 5.00. The van der Waals surface area contributed by atoms with Gasteiger partial charge in [0.15, 0.2) is 0 Å². The smallest absolute Gasteiger partial charge is 0.305 e. The van der Waals surface area contributed by atoms with E-state index < -0.39 is 12.1 Å². The van der Waals surface area contributed by atoms with Gasteiger partial charge < -0.3 is 20.3 Å². The highest BCUT2D eigenvalue weighted by molar-refractivity contribution is 5.76. The molecule has 0 rings (SSSR count). The zero-order valence-electron chi connectivity index (χ0n) is 49.9. The molecule has 0 bridgehead atoms. The van der Waals surface area contributed by atoms with Crippen LogP contribution in [0.3, 0.4) is 0 Å². The largest absolute Gasteiger partial charge is 0.466 e. The van der Waals surface area contributed by atoms with Gasteiger partial charge >= 0.3 is 5.97 Å². The topological polar surface area (TPSA) is 95.9 Å². The first-order valence-corrected chi connectivity index (χ1v) is 33.8. The molecule has 0 aromatic rings. The molecule has 0 fully saturated rings. The highest BCUT2D eigenvalue weighted by Gasteiger charge is 2.20. The Kier molecular flexibility index (Phi) is 62.4. The molecule has 1 amide bonds. The molecule has 0 saturated heterocycles. The number of ether oxygens (including phenoxy) is 1. The second kappa shape index (κ2) is 63.4. The Hall–Kier alpha value is -1.14. The van der Waals surface area contributed by atoms with Crippen LogP contribution in [-0.4, -0.2) is 47.4 Å². The van der Waals surface area contributed by atoms with Crippen LogP contribution in [0.15, 0.2) is 0 Å². The van der Waals surface area contributed by atoms with Gasteiger partial charge in [-0.25, -0.2) is 0 Å². The lowest BCUT2D eigenvalue weighted by molar-refractivity contribution is -0.143. The highest BCUT2D eigenvalue weighted by Crippen LogP contribution is 2.19. The second-order valence-corrected chi connectivity index (χ2v) is 23.5. The predicted molar refractivity (Wildman–Crippen MR) is 320 cm³/mol. The molecule has 0 aliphatic carbocycles. The van der Waals surface area contributed by atoms with Gasteiger partial charge in [0.05, 0.1) is 25.4 Å². The van der Waals surface area contributed by atoms with Gasteiger partial charge in [0.2, 0.25) is 5.91 Å². The highest BCUT2D eigenvalue weighted by atomic mass is 16.5. The number of hydrogen-bond donors (Lipinski definition) is 3. The first kappa shape index (κ1) is 71.9. The molecule has 0 heterocycles. The van der Waals surface area contributed by atoms with Gasteiger partial charge in [0.25, 0.3) is 0 Å². The van der Waals surface area contributed by atoms with E-state index in [-0.39, 0.29) is 18.5 Å². The van der Waals surface area contributed by atoms with E-state index in [0.29, 0.717) is 25.9 Å². The van der Waals surface area contributed by atoms with Crippen molar-refractivity contribution in [3.63, 3.8) is 0 Å². The summed E-state index contributed by atoms with van der Waals surface area (Å²) in [5.74, 6) is -0.0122. The van der Waals surface area contributed by atoms with Crippen molar-refractivity contribution >= 4 is 11.9 Å². The fourth-order valence-corrected chi connectivity index (χ4v) is 11.0. The van der Waals surface area contributed by atoms with Gasteiger partial charge in [0.1, 0.15) is 0 Å². The number of aliphatic hydroxyl groups is 2. The Balaban J connectivity index is 3.34. The fraction of sp³-hybridized carbons (Fsp3) is 0.970. The average Bonchev–Trinajstić information content (AvgIpc) is 3.39. The number of carbonyl (C=O) groups is 2. The number of unbranched alkanes of at least 4 members (excludes halogenated alkanes) is 53. The third kappa shape index (κ3) is 60.0. The Labute approximate surface area is 457 Å². The van der Waals surface area contributed by atoms with Gasteiger partial charge in [-0.3, -0.25) is 9.59 Å². The molecule has 0 aliphatic heterocycles. The second-order valence-electron chi connectivity index (χ2n) is 23.5. The van der Waals surface area contributed by atoms with Crippen molar-refractivity contribution in [2.75, 3.05) is 13.2 Å². The molecule has 0 aliphatic rings. The van der Waals surface area contributed by atoms with Crippen molar-refractivity contribution in [3.05, 3.63) is 0 Å². The molecule has 2 unspecified atom stereocenters. The van der Waals surface area contributed by atoms with Crippen LogP contribution in [0, 0.1) is 0 Å². The molecule has 0 aromatic heterocycles. The van der Waals surface area contributed by atoms with E-state index in [9.17, 15) is 19.8 Å². The summed E-state index contributed by atoms with van der Waals surface area (Å²) >= 11 is 0. The van der Waals surface area contributed by atoms with Crippen molar-refractivity contribution in [3.8, 4) is 0 Å². The summed E-state index contributed by atoms with van der Waals surface area (Å²) in [5, 5.41) is 23.3. The molecule has 73 heavy (non-hydrogen) atoms.